The van der Waals surface area contributed by atoms with Crippen LogP contribution in [0.5, 0.6) is 5.75 Å². The molecule has 2 nitrogen and oxygen atoms in total. The zero-order chi connectivity index (χ0) is 15.6. The first-order valence-corrected chi connectivity index (χ1v) is 4.84. The number of halogens is 8. The highest BCUT2D eigenvalue weighted by molar-refractivity contribution is 6.19. The SMILES string of the molecule is Fc1cc(F)cc(OBOC(C(F)(F)F)C(F)(F)F)c1. The molecular weight excluding hydrogens is 303 g/mol. The predicted octanol–water partition coefficient (Wildman–Crippen LogP) is 3.12. The molecule has 0 saturated carbocycles. The van der Waals surface area contributed by atoms with E-state index in [2.05, 4.69) is 9.31 Å². The molecular formula is C9H5BF8O2. The predicted molar refractivity (Wildman–Crippen MR) is 51.1 cm³/mol. The van der Waals surface area contributed by atoms with Crippen LogP contribution in [0.3, 0.4) is 0 Å². The van der Waals surface area contributed by atoms with Gasteiger partial charge in [-0.15, -0.1) is 0 Å². The monoisotopic (exact) mass is 308 g/mol. The molecule has 0 radical (unpaired) electrons. The first-order valence-electron chi connectivity index (χ1n) is 4.84. The topological polar surface area (TPSA) is 18.5 Å². The highest BCUT2D eigenvalue weighted by Gasteiger charge is 2.57. The molecule has 20 heavy (non-hydrogen) atoms. The van der Waals surface area contributed by atoms with E-state index in [1.807, 2.05) is 0 Å². The van der Waals surface area contributed by atoms with Crippen LogP contribution in [-0.4, -0.2) is 26.1 Å². The molecule has 0 fully saturated rings. The Balaban J connectivity index is 2.65. The Morgan fingerprint density at radius 3 is 1.70 bits per heavy atom. The molecule has 0 saturated heterocycles. The minimum absolute atomic E-state index is 0.446. The lowest BCUT2D eigenvalue weighted by molar-refractivity contribution is -0.302. The van der Waals surface area contributed by atoms with Gasteiger partial charge in [0.05, 0.1) is 0 Å². The van der Waals surface area contributed by atoms with E-state index in [-0.39, 0.29) is 0 Å². The first kappa shape index (κ1) is 16.5. The molecule has 11 heteroatoms. The lowest BCUT2D eigenvalue weighted by atomic mass is 10.2. The van der Waals surface area contributed by atoms with E-state index in [4.69, 9.17) is 0 Å². The second kappa shape index (κ2) is 5.86. The maximum Gasteiger partial charge on any atom is 0.507 e. The third kappa shape index (κ3) is 4.87. The van der Waals surface area contributed by atoms with Gasteiger partial charge in [-0.05, 0) is 0 Å². The van der Waals surface area contributed by atoms with Crippen molar-refractivity contribution in [3.05, 3.63) is 29.8 Å². The Hall–Kier alpha value is -1.52. The summed E-state index contributed by atoms with van der Waals surface area (Å²) in [7, 11) is -1.48. The molecule has 1 rings (SSSR count). The van der Waals surface area contributed by atoms with Crippen LogP contribution in [0.1, 0.15) is 0 Å². The summed E-state index contributed by atoms with van der Waals surface area (Å²) in [6.07, 6.45) is -15.4. The van der Waals surface area contributed by atoms with Gasteiger partial charge < -0.3 is 9.31 Å². The molecule has 0 unspecified atom stereocenters. The molecule has 0 aliphatic heterocycles. The minimum Gasteiger partial charge on any atom is -0.539 e. The fourth-order valence-electron chi connectivity index (χ4n) is 1.16. The largest absolute Gasteiger partial charge is 0.539 e. The Labute approximate surface area is 107 Å². The van der Waals surface area contributed by atoms with Crippen molar-refractivity contribution in [1.29, 1.82) is 0 Å². The van der Waals surface area contributed by atoms with Crippen LogP contribution in [0.4, 0.5) is 35.1 Å². The van der Waals surface area contributed by atoms with Crippen LogP contribution >= 0.6 is 0 Å². The summed E-state index contributed by atoms with van der Waals surface area (Å²) >= 11 is 0. The van der Waals surface area contributed by atoms with Gasteiger partial charge in [-0.2, -0.15) is 26.3 Å². The summed E-state index contributed by atoms with van der Waals surface area (Å²) in [6.45, 7) is 0. The van der Waals surface area contributed by atoms with Crippen LogP contribution in [0.2, 0.25) is 0 Å². The Morgan fingerprint density at radius 1 is 0.850 bits per heavy atom. The standard InChI is InChI=1S/C9H5BF8O2/c11-4-1-5(12)3-6(2-4)19-10-20-7(8(13,14)15)9(16,17)18/h1-3,7,10H. The molecule has 0 N–H and O–H groups in total. The van der Waals surface area contributed by atoms with E-state index in [1.54, 1.807) is 0 Å². The number of hydrogen-bond acceptors (Lipinski definition) is 2. The van der Waals surface area contributed by atoms with Gasteiger partial charge in [0.25, 0.3) is 0 Å². The molecule has 0 aromatic heterocycles. The van der Waals surface area contributed by atoms with Crippen LogP contribution < -0.4 is 4.65 Å². The van der Waals surface area contributed by atoms with E-state index in [9.17, 15) is 35.1 Å². The van der Waals surface area contributed by atoms with Crippen molar-refractivity contribution in [2.24, 2.45) is 0 Å². The van der Waals surface area contributed by atoms with Gasteiger partial charge in [-0.1, -0.05) is 0 Å². The van der Waals surface area contributed by atoms with Gasteiger partial charge in [0.2, 0.25) is 6.10 Å². The highest BCUT2D eigenvalue weighted by Crippen LogP contribution is 2.35. The molecule has 0 aliphatic rings. The van der Waals surface area contributed by atoms with Crippen molar-refractivity contribution in [2.75, 3.05) is 0 Å². The molecule has 0 aliphatic carbocycles. The summed E-state index contributed by atoms with van der Waals surface area (Å²) < 4.78 is 105. The fourth-order valence-corrected chi connectivity index (χ4v) is 1.16. The van der Waals surface area contributed by atoms with Crippen molar-refractivity contribution in [3.63, 3.8) is 0 Å². The van der Waals surface area contributed by atoms with Gasteiger partial charge in [0.1, 0.15) is 17.4 Å². The Kier molecular flexibility index (Phi) is 4.84. The van der Waals surface area contributed by atoms with Crippen molar-refractivity contribution in [2.45, 2.75) is 18.5 Å². The van der Waals surface area contributed by atoms with Crippen molar-refractivity contribution in [1.82, 2.24) is 0 Å². The minimum atomic E-state index is -5.69. The summed E-state index contributed by atoms with van der Waals surface area (Å²) in [5, 5.41) is 0. The van der Waals surface area contributed by atoms with Crippen molar-refractivity contribution < 1.29 is 44.4 Å². The average molecular weight is 308 g/mol. The molecule has 112 valence electrons. The third-order valence-electron chi connectivity index (χ3n) is 1.89. The summed E-state index contributed by atoms with van der Waals surface area (Å²) in [4.78, 5) is 0. The van der Waals surface area contributed by atoms with E-state index >= 15 is 0 Å². The highest BCUT2D eigenvalue weighted by atomic mass is 19.4. The van der Waals surface area contributed by atoms with Crippen LogP contribution in [0.25, 0.3) is 0 Å². The van der Waals surface area contributed by atoms with E-state index in [1.165, 1.54) is 0 Å². The van der Waals surface area contributed by atoms with Gasteiger partial charge in [-0.25, -0.2) is 8.78 Å². The average Bonchev–Trinajstić information content (AvgIpc) is 2.19. The molecule has 0 amide bonds. The second-order valence-electron chi connectivity index (χ2n) is 3.50. The fraction of sp³-hybridized carbons (Fsp3) is 0.333. The molecule has 0 bridgehead atoms. The molecule has 0 atom stereocenters. The molecule has 1 aromatic carbocycles. The van der Waals surface area contributed by atoms with Gasteiger partial charge in [0.15, 0.2) is 0 Å². The number of benzene rings is 1. The number of alkyl halides is 6. The summed E-state index contributed by atoms with van der Waals surface area (Å²) in [5.74, 6) is -2.82. The molecule has 0 heterocycles. The Morgan fingerprint density at radius 2 is 1.30 bits per heavy atom. The maximum atomic E-state index is 12.7. The summed E-state index contributed by atoms with van der Waals surface area (Å²) in [5.41, 5.74) is 0. The second-order valence-corrected chi connectivity index (χ2v) is 3.50. The lowest BCUT2D eigenvalue weighted by Gasteiger charge is -2.22. The zero-order valence-electron chi connectivity index (χ0n) is 9.36. The van der Waals surface area contributed by atoms with E-state index < -0.39 is 43.5 Å². The molecule has 1 aromatic rings. The third-order valence-corrected chi connectivity index (χ3v) is 1.89. The van der Waals surface area contributed by atoms with E-state index in [0.29, 0.717) is 18.2 Å². The lowest BCUT2D eigenvalue weighted by Crippen LogP contribution is -2.45. The normalized spacial score (nSPS) is 12.7. The smallest absolute Gasteiger partial charge is 0.507 e. The van der Waals surface area contributed by atoms with Crippen LogP contribution in [0, 0.1) is 11.6 Å². The molecule has 0 spiro atoms. The van der Waals surface area contributed by atoms with Gasteiger partial charge in [-0.3, -0.25) is 0 Å². The Bertz CT molecular complexity index is 424. The first-order chi connectivity index (χ1) is 9.00. The summed E-state index contributed by atoms with van der Waals surface area (Å²) in [6, 6.07) is 1.59. The van der Waals surface area contributed by atoms with E-state index in [0.717, 1.165) is 0 Å². The van der Waals surface area contributed by atoms with Gasteiger partial charge in [0, 0.05) is 18.2 Å². The number of hydrogen-bond donors (Lipinski definition) is 0. The van der Waals surface area contributed by atoms with Crippen LogP contribution in [0.15, 0.2) is 18.2 Å². The van der Waals surface area contributed by atoms with Crippen LogP contribution in [-0.2, 0) is 4.65 Å². The zero-order valence-corrected chi connectivity index (χ0v) is 9.36. The number of rotatable bonds is 4. The van der Waals surface area contributed by atoms with Gasteiger partial charge >= 0.3 is 20.0 Å². The van der Waals surface area contributed by atoms with Crippen molar-refractivity contribution in [3.8, 4) is 5.75 Å². The maximum absolute atomic E-state index is 12.7. The quantitative estimate of drug-likeness (QED) is 0.628. The van der Waals surface area contributed by atoms with Crippen molar-refractivity contribution >= 4 is 7.69 Å².